The number of anilines is 1. The minimum atomic E-state index is 0.421. The number of aryl methyl sites for hydroxylation is 1. The van der Waals surface area contributed by atoms with E-state index < -0.39 is 0 Å². The Morgan fingerprint density at radius 2 is 2.00 bits per heavy atom. The van der Waals surface area contributed by atoms with Gasteiger partial charge in [-0.25, -0.2) is 4.98 Å². The lowest BCUT2D eigenvalue weighted by Crippen LogP contribution is -2.01. The number of nitrogens with zero attached hydrogens (tertiary/aromatic N) is 2. The van der Waals surface area contributed by atoms with E-state index in [0.717, 1.165) is 5.56 Å². The summed E-state index contributed by atoms with van der Waals surface area (Å²) in [6.45, 7) is 2.23. The van der Waals surface area contributed by atoms with Gasteiger partial charge in [0.2, 0.25) is 5.88 Å². The molecule has 0 aliphatic rings. The predicted octanol–water partition coefficient (Wildman–Crippen LogP) is 2.46. The Kier molecular flexibility index (Phi) is 3.91. The van der Waals surface area contributed by atoms with Crippen LogP contribution in [0.4, 0.5) is 5.82 Å². The van der Waals surface area contributed by atoms with Crippen LogP contribution < -0.4 is 10.5 Å². The molecule has 2 rings (SSSR count). The minimum absolute atomic E-state index is 0.421. The van der Waals surface area contributed by atoms with Gasteiger partial charge in [0.05, 0.1) is 0 Å². The Bertz CT molecular complexity index is 518. The summed E-state index contributed by atoms with van der Waals surface area (Å²) in [6.07, 6.45) is 3.93. The fourth-order valence-electron chi connectivity index (χ4n) is 1.52. The van der Waals surface area contributed by atoms with Crippen molar-refractivity contribution in [3.63, 3.8) is 0 Å². The molecule has 4 nitrogen and oxygen atoms in total. The molecule has 0 bridgehead atoms. The molecule has 4 heteroatoms. The number of nitrogens with two attached hydrogens (primary N) is 1. The summed E-state index contributed by atoms with van der Waals surface area (Å²) in [6, 6.07) is 11.7. The summed E-state index contributed by atoms with van der Waals surface area (Å²) in [4.78, 5) is 8.11. The van der Waals surface area contributed by atoms with Crippen LogP contribution in [0.25, 0.3) is 6.08 Å². The van der Waals surface area contributed by atoms with E-state index in [0.29, 0.717) is 24.1 Å². The Labute approximate surface area is 106 Å². The Balaban J connectivity index is 1.90. The molecule has 0 saturated carbocycles. The second kappa shape index (κ2) is 5.82. The molecule has 0 amide bonds. The zero-order chi connectivity index (χ0) is 12.8. The van der Waals surface area contributed by atoms with Crippen molar-refractivity contribution in [2.24, 2.45) is 0 Å². The molecule has 0 aliphatic carbocycles. The molecule has 0 spiro atoms. The standard InChI is InChI=1S/C14H15N3O/c1-11-16-13(15)10-14(17-11)18-9-5-8-12-6-3-2-4-7-12/h2-8,10H,9H2,1H3,(H2,15,16,17)/b8-5+. The second-order valence-corrected chi connectivity index (χ2v) is 3.80. The number of benzene rings is 1. The van der Waals surface area contributed by atoms with Crippen LogP contribution in [0, 0.1) is 6.92 Å². The highest BCUT2D eigenvalue weighted by Crippen LogP contribution is 2.10. The van der Waals surface area contributed by atoms with E-state index in [1.165, 1.54) is 0 Å². The lowest BCUT2D eigenvalue weighted by atomic mass is 10.2. The smallest absolute Gasteiger partial charge is 0.219 e. The molecule has 0 radical (unpaired) electrons. The maximum atomic E-state index is 5.61. The van der Waals surface area contributed by atoms with E-state index in [-0.39, 0.29) is 0 Å². The van der Waals surface area contributed by atoms with Gasteiger partial charge in [0, 0.05) is 6.07 Å². The van der Waals surface area contributed by atoms with E-state index >= 15 is 0 Å². The molecular formula is C14H15N3O. The largest absolute Gasteiger partial charge is 0.473 e. The first-order valence-electron chi connectivity index (χ1n) is 5.69. The zero-order valence-corrected chi connectivity index (χ0v) is 10.2. The Morgan fingerprint density at radius 1 is 1.22 bits per heavy atom. The van der Waals surface area contributed by atoms with Crippen molar-refractivity contribution in [2.75, 3.05) is 12.3 Å². The van der Waals surface area contributed by atoms with Crippen LogP contribution in [0.2, 0.25) is 0 Å². The average Bonchev–Trinajstić information content (AvgIpc) is 2.35. The topological polar surface area (TPSA) is 61.0 Å². The molecule has 0 atom stereocenters. The first-order valence-corrected chi connectivity index (χ1v) is 5.69. The van der Waals surface area contributed by atoms with Gasteiger partial charge in [-0.2, -0.15) is 4.98 Å². The molecule has 0 fully saturated rings. The lowest BCUT2D eigenvalue weighted by molar-refractivity contribution is 0.347. The minimum Gasteiger partial charge on any atom is -0.473 e. The van der Waals surface area contributed by atoms with Gasteiger partial charge in [-0.3, -0.25) is 0 Å². The Hall–Kier alpha value is -2.36. The van der Waals surface area contributed by atoms with Gasteiger partial charge >= 0.3 is 0 Å². The quantitative estimate of drug-likeness (QED) is 0.893. The first-order chi connectivity index (χ1) is 8.74. The van der Waals surface area contributed by atoms with Gasteiger partial charge in [0.15, 0.2) is 0 Å². The molecule has 0 saturated heterocycles. The van der Waals surface area contributed by atoms with Crippen molar-refractivity contribution in [3.8, 4) is 5.88 Å². The number of rotatable bonds is 4. The molecule has 1 aromatic carbocycles. The van der Waals surface area contributed by atoms with Crippen LogP contribution in [-0.4, -0.2) is 16.6 Å². The molecule has 1 heterocycles. The average molecular weight is 241 g/mol. The molecular weight excluding hydrogens is 226 g/mol. The number of ether oxygens (including phenoxy) is 1. The van der Waals surface area contributed by atoms with Crippen molar-refractivity contribution < 1.29 is 4.74 Å². The first kappa shape index (κ1) is 12.1. The van der Waals surface area contributed by atoms with Crippen LogP contribution in [-0.2, 0) is 0 Å². The van der Waals surface area contributed by atoms with Crippen molar-refractivity contribution in [1.82, 2.24) is 9.97 Å². The second-order valence-electron chi connectivity index (χ2n) is 3.80. The van der Waals surface area contributed by atoms with Crippen molar-refractivity contribution in [1.29, 1.82) is 0 Å². The monoisotopic (exact) mass is 241 g/mol. The van der Waals surface area contributed by atoms with Crippen LogP contribution in [0.5, 0.6) is 5.88 Å². The number of hydrogen-bond donors (Lipinski definition) is 1. The molecule has 2 N–H and O–H groups in total. The van der Waals surface area contributed by atoms with Crippen molar-refractivity contribution >= 4 is 11.9 Å². The highest BCUT2D eigenvalue weighted by atomic mass is 16.5. The van der Waals surface area contributed by atoms with Gasteiger partial charge in [0.1, 0.15) is 18.2 Å². The van der Waals surface area contributed by atoms with Gasteiger partial charge < -0.3 is 10.5 Å². The molecule has 18 heavy (non-hydrogen) atoms. The SMILES string of the molecule is Cc1nc(N)cc(OC/C=C/c2ccccc2)n1. The molecule has 2 aromatic rings. The maximum Gasteiger partial charge on any atom is 0.219 e. The summed E-state index contributed by atoms with van der Waals surface area (Å²) in [7, 11) is 0. The van der Waals surface area contributed by atoms with Crippen molar-refractivity contribution in [3.05, 3.63) is 53.9 Å². The summed E-state index contributed by atoms with van der Waals surface area (Å²) in [5.41, 5.74) is 6.74. The third kappa shape index (κ3) is 3.59. The van der Waals surface area contributed by atoms with Crippen LogP contribution in [0.3, 0.4) is 0 Å². The summed E-state index contributed by atoms with van der Waals surface area (Å²) < 4.78 is 5.47. The predicted molar refractivity (Wildman–Crippen MR) is 72.2 cm³/mol. The molecule has 0 unspecified atom stereocenters. The van der Waals surface area contributed by atoms with E-state index in [9.17, 15) is 0 Å². The Morgan fingerprint density at radius 3 is 2.72 bits per heavy atom. The summed E-state index contributed by atoms with van der Waals surface area (Å²) in [5.74, 6) is 1.53. The van der Waals surface area contributed by atoms with Gasteiger partial charge in [-0.1, -0.05) is 36.4 Å². The number of hydrogen-bond acceptors (Lipinski definition) is 4. The highest BCUT2D eigenvalue weighted by molar-refractivity contribution is 5.48. The van der Waals surface area contributed by atoms with Crippen LogP contribution in [0.1, 0.15) is 11.4 Å². The molecule has 92 valence electrons. The van der Waals surface area contributed by atoms with Gasteiger partial charge in [-0.05, 0) is 18.6 Å². The normalized spacial score (nSPS) is 10.7. The van der Waals surface area contributed by atoms with Crippen molar-refractivity contribution in [2.45, 2.75) is 6.92 Å². The summed E-state index contributed by atoms with van der Waals surface area (Å²) >= 11 is 0. The van der Waals surface area contributed by atoms with Crippen LogP contribution in [0.15, 0.2) is 42.5 Å². The summed E-state index contributed by atoms with van der Waals surface area (Å²) in [5, 5.41) is 0. The van der Waals surface area contributed by atoms with Gasteiger partial charge in [-0.15, -0.1) is 0 Å². The third-order valence-electron chi connectivity index (χ3n) is 2.27. The van der Waals surface area contributed by atoms with E-state index in [2.05, 4.69) is 9.97 Å². The number of aromatic nitrogens is 2. The maximum absolute atomic E-state index is 5.61. The van der Waals surface area contributed by atoms with Gasteiger partial charge in [0.25, 0.3) is 0 Å². The van der Waals surface area contributed by atoms with E-state index in [4.69, 9.17) is 10.5 Å². The zero-order valence-electron chi connectivity index (χ0n) is 10.2. The highest BCUT2D eigenvalue weighted by Gasteiger charge is 1.98. The third-order valence-corrected chi connectivity index (χ3v) is 2.27. The molecule has 0 aliphatic heterocycles. The lowest BCUT2D eigenvalue weighted by Gasteiger charge is -2.03. The molecule has 1 aromatic heterocycles. The van der Waals surface area contributed by atoms with E-state index in [1.807, 2.05) is 42.5 Å². The van der Waals surface area contributed by atoms with Crippen LogP contribution >= 0.6 is 0 Å². The number of nitrogen functional groups attached to an aromatic ring is 1. The fraction of sp³-hybridized carbons (Fsp3) is 0.143. The fourth-order valence-corrected chi connectivity index (χ4v) is 1.52. The van der Waals surface area contributed by atoms with E-state index in [1.54, 1.807) is 13.0 Å².